The summed E-state index contributed by atoms with van der Waals surface area (Å²) in [6.45, 7) is 2.31. The molecule has 11 nitrogen and oxygen atoms in total. The Labute approximate surface area is 246 Å². The van der Waals surface area contributed by atoms with Gasteiger partial charge in [0.05, 0.1) is 18.2 Å². The number of aromatic amines is 1. The number of halogens is 2. The molecule has 1 aliphatic carbocycles. The molecule has 3 atom stereocenters. The molecule has 13 heteroatoms. The Hall–Kier alpha value is -3.67. The van der Waals surface area contributed by atoms with Crippen molar-refractivity contribution in [3.63, 3.8) is 0 Å². The molecule has 3 heterocycles. The first-order chi connectivity index (χ1) is 19.8. The minimum absolute atomic E-state index is 0.0484. The highest BCUT2D eigenvalue weighted by Gasteiger charge is 2.34. The fourth-order valence-electron chi connectivity index (χ4n) is 5.51. The number of aromatic nitrogens is 2. The highest BCUT2D eigenvalue weighted by molar-refractivity contribution is 6.36. The summed E-state index contributed by atoms with van der Waals surface area (Å²) < 4.78 is 5.30. The minimum Gasteiger partial charge on any atom is -0.466 e. The fraction of sp³-hybridized carbons (Fsp3) is 0.393. The zero-order valence-electron chi connectivity index (χ0n) is 22.5. The van der Waals surface area contributed by atoms with Crippen LogP contribution in [0, 0.1) is 5.92 Å². The molecule has 41 heavy (non-hydrogen) atoms. The highest BCUT2D eigenvalue weighted by Crippen LogP contribution is 2.36. The predicted octanol–water partition coefficient (Wildman–Crippen LogP) is 3.01. The van der Waals surface area contributed by atoms with Crippen molar-refractivity contribution in [3.8, 4) is 0 Å². The molecule has 216 valence electrons. The molecule has 0 bridgehead atoms. The van der Waals surface area contributed by atoms with Crippen LogP contribution in [0.15, 0.2) is 52.0 Å². The molecule has 2 aromatic rings. The summed E-state index contributed by atoms with van der Waals surface area (Å²) in [5.41, 5.74) is 12.5. The second-order valence-electron chi connectivity index (χ2n) is 10.1. The van der Waals surface area contributed by atoms with Gasteiger partial charge in [-0.1, -0.05) is 29.3 Å². The largest absolute Gasteiger partial charge is 0.466 e. The van der Waals surface area contributed by atoms with Crippen LogP contribution >= 0.6 is 23.2 Å². The summed E-state index contributed by atoms with van der Waals surface area (Å²) in [5, 5.41) is 15.1. The molecule has 0 spiro atoms. The number of esters is 1. The number of ether oxygens (including phenoxy) is 1. The third kappa shape index (κ3) is 6.32. The molecule has 2 aliphatic heterocycles. The van der Waals surface area contributed by atoms with Gasteiger partial charge in [-0.25, -0.2) is 5.10 Å². The molecule has 0 fully saturated rings. The van der Waals surface area contributed by atoms with Gasteiger partial charge in [-0.3, -0.25) is 24.7 Å². The van der Waals surface area contributed by atoms with E-state index in [4.69, 9.17) is 33.7 Å². The van der Waals surface area contributed by atoms with Gasteiger partial charge in [0, 0.05) is 52.3 Å². The van der Waals surface area contributed by atoms with E-state index in [-0.39, 0.29) is 42.9 Å². The second-order valence-corrected chi connectivity index (χ2v) is 11.0. The maximum absolute atomic E-state index is 13.4. The van der Waals surface area contributed by atoms with Gasteiger partial charge in [-0.15, -0.1) is 0 Å². The summed E-state index contributed by atoms with van der Waals surface area (Å²) in [7, 11) is 0. The molecule has 1 aromatic heterocycles. The number of amides is 1. The normalized spacial score (nSPS) is 21.7. The molecular formula is C28H31Cl2N7O4. The molecule has 0 saturated carbocycles. The van der Waals surface area contributed by atoms with E-state index < -0.39 is 12.2 Å². The SMILES string of the molecule is CCOC(=O)C1CCCc2cc(=O)[nH]nc2C(CC(=O)NC2NN=C3C=C(CN)C(c4ccc(Cl)cc4Cl)=CN32)C1. The molecule has 1 aromatic carbocycles. The Morgan fingerprint density at radius 1 is 1.27 bits per heavy atom. The van der Waals surface area contributed by atoms with Crippen LogP contribution in [0.1, 0.15) is 55.3 Å². The van der Waals surface area contributed by atoms with Crippen LogP contribution in [0.25, 0.3) is 5.57 Å². The molecule has 3 aliphatic rings. The van der Waals surface area contributed by atoms with Crippen LogP contribution < -0.4 is 22.0 Å². The van der Waals surface area contributed by atoms with Crippen LogP contribution in [0.3, 0.4) is 0 Å². The highest BCUT2D eigenvalue weighted by atomic mass is 35.5. The van der Waals surface area contributed by atoms with Crippen LogP contribution in [0.5, 0.6) is 0 Å². The minimum atomic E-state index is -0.674. The third-order valence-electron chi connectivity index (χ3n) is 7.43. The summed E-state index contributed by atoms with van der Waals surface area (Å²) in [6, 6.07) is 6.76. The van der Waals surface area contributed by atoms with Gasteiger partial charge in [0.25, 0.3) is 5.56 Å². The number of hydrogen-bond donors (Lipinski definition) is 4. The van der Waals surface area contributed by atoms with Gasteiger partial charge >= 0.3 is 5.97 Å². The Morgan fingerprint density at radius 2 is 2.10 bits per heavy atom. The Bertz CT molecular complexity index is 1500. The quantitative estimate of drug-likeness (QED) is 0.354. The average molecular weight is 601 g/mol. The number of nitrogens with one attached hydrogen (secondary N) is 3. The van der Waals surface area contributed by atoms with Gasteiger partial charge in [-0.2, -0.15) is 10.2 Å². The lowest BCUT2D eigenvalue weighted by molar-refractivity contribution is -0.149. The topological polar surface area (TPSA) is 155 Å². The van der Waals surface area contributed by atoms with Gasteiger partial charge in [0.2, 0.25) is 5.91 Å². The Morgan fingerprint density at radius 3 is 2.85 bits per heavy atom. The van der Waals surface area contributed by atoms with Crippen molar-refractivity contribution in [1.82, 2.24) is 25.8 Å². The molecule has 1 amide bonds. The van der Waals surface area contributed by atoms with Gasteiger partial charge in [0.15, 0.2) is 12.1 Å². The number of rotatable bonds is 7. The second kappa shape index (κ2) is 12.5. The number of benzene rings is 1. The Balaban J connectivity index is 1.36. The van der Waals surface area contributed by atoms with E-state index >= 15 is 0 Å². The number of nitrogens with zero attached hydrogens (tertiary/aromatic N) is 3. The number of aryl methyl sites for hydroxylation is 1. The van der Waals surface area contributed by atoms with Crippen molar-refractivity contribution in [1.29, 1.82) is 0 Å². The number of hydrazone groups is 1. The lowest BCUT2D eigenvalue weighted by Gasteiger charge is -2.30. The van der Waals surface area contributed by atoms with E-state index in [1.54, 1.807) is 24.0 Å². The van der Waals surface area contributed by atoms with Crippen molar-refractivity contribution in [2.75, 3.05) is 13.2 Å². The molecule has 0 saturated heterocycles. The van der Waals surface area contributed by atoms with E-state index in [0.717, 1.165) is 22.3 Å². The number of hydrogen-bond acceptors (Lipinski definition) is 9. The number of carbonyl (C=O) groups excluding carboxylic acids is 2. The summed E-state index contributed by atoms with van der Waals surface area (Å²) in [5.74, 6) is -0.745. The third-order valence-corrected chi connectivity index (χ3v) is 7.98. The molecule has 5 N–H and O–H groups in total. The van der Waals surface area contributed by atoms with Crippen molar-refractivity contribution in [3.05, 3.63) is 79.3 Å². The number of nitrogens with two attached hydrogens (primary N) is 1. The standard InChI is InChI=1S/C28H31Cl2N7O4/c1-2-41-27(40)16-5-3-4-15-10-25(39)34-35-26(15)17(8-16)11-24(38)32-28-36-33-23-9-18(13-31)21(14-37(23)28)20-7-6-19(29)12-22(20)30/h6-7,9-10,12,14,16-17,28,36H,2-5,8,11,13,31H2,1H3,(H,32,38)(H,34,39). The zero-order chi connectivity index (χ0) is 29.1. The van der Waals surface area contributed by atoms with E-state index in [0.29, 0.717) is 47.3 Å². The van der Waals surface area contributed by atoms with E-state index in [2.05, 4.69) is 26.0 Å². The lowest BCUT2D eigenvalue weighted by atomic mass is 9.81. The summed E-state index contributed by atoms with van der Waals surface area (Å²) in [6.07, 6.45) is 5.35. The monoisotopic (exact) mass is 599 g/mol. The maximum atomic E-state index is 13.4. The van der Waals surface area contributed by atoms with Crippen molar-refractivity contribution in [2.45, 2.75) is 51.2 Å². The summed E-state index contributed by atoms with van der Waals surface area (Å²) >= 11 is 12.6. The van der Waals surface area contributed by atoms with Crippen LogP contribution in [0.4, 0.5) is 0 Å². The van der Waals surface area contributed by atoms with E-state index in [1.165, 1.54) is 6.07 Å². The van der Waals surface area contributed by atoms with Crippen LogP contribution in [-0.4, -0.2) is 52.3 Å². The van der Waals surface area contributed by atoms with E-state index in [9.17, 15) is 14.4 Å². The van der Waals surface area contributed by atoms with Crippen LogP contribution in [0.2, 0.25) is 10.0 Å². The molecular weight excluding hydrogens is 569 g/mol. The molecule has 0 radical (unpaired) electrons. The van der Waals surface area contributed by atoms with Crippen LogP contribution in [-0.2, 0) is 20.7 Å². The number of H-pyrrole nitrogens is 1. The lowest BCUT2D eigenvalue weighted by Crippen LogP contribution is -2.51. The van der Waals surface area contributed by atoms with Gasteiger partial charge in [-0.05, 0) is 62.0 Å². The van der Waals surface area contributed by atoms with Crippen molar-refractivity contribution < 1.29 is 14.3 Å². The smallest absolute Gasteiger partial charge is 0.308 e. The van der Waals surface area contributed by atoms with Crippen molar-refractivity contribution in [2.24, 2.45) is 16.8 Å². The zero-order valence-corrected chi connectivity index (χ0v) is 24.0. The first-order valence-electron chi connectivity index (χ1n) is 13.5. The average Bonchev–Trinajstić information content (AvgIpc) is 3.31. The maximum Gasteiger partial charge on any atom is 0.308 e. The molecule has 3 unspecified atom stereocenters. The first kappa shape index (κ1) is 28.8. The van der Waals surface area contributed by atoms with Gasteiger partial charge in [0.1, 0.15) is 0 Å². The first-order valence-corrected chi connectivity index (χ1v) is 14.3. The summed E-state index contributed by atoms with van der Waals surface area (Å²) in [4.78, 5) is 39.9. The Kier molecular flexibility index (Phi) is 8.77. The predicted molar refractivity (Wildman–Crippen MR) is 156 cm³/mol. The van der Waals surface area contributed by atoms with E-state index in [1.807, 2.05) is 18.3 Å². The number of amidine groups is 1. The van der Waals surface area contributed by atoms with Gasteiger partial charge < -0.3 is 15.8 Å². The number of fused-ring (bicyclic) bond motifs is 2. The van der Waals surface area contributed by atoms with Crippen molar-refractivity contribution >= 4 is 46.5 Å². The fourth-order valence-corrected chi connectivity index (χ4v) is 6.02. The number of carbonyl (C=O) groups is 2. The molecule has 5 rings (SSSR count).